The first-order valence-corrected chi connectivity index (χ1v) is 25.3. The molecule has 1 aliphatic rings. The van der Waals surface area contributed by atoms with Gasteiger partial charge in [-0.25, -0.2) is 0 Å². The zero-order valence-electron chi connectivity index (χ0n) is 45.2. The maximum Gasteiger partial charge on any atom is 0.309 e. The molecule has 68 heavy (non-hydrogen) atoms. The quantitative estimate of drug-likeness (QED) is 0.0438. The Labute approximate surface area is 412 Å². The normalized spacial score (nSPS) is 15.9. The van der Waals surface area contributed by atoms with Gasteiger partial charge in [0.2, 0.25) is 0 Å². The Morgan fingerprint density at radius 1 is 0.500 bits per heavy atom. The highest BCUT2D eigenvalue weighted by molar-refractivity contribution is 5.82. The summed E-state index contributed by atoms with van der Waals surface area (Å²) in [4.78, 5) is 25.9. The summed E-state index contributed by atoms with van der Waals surface area (Å²) in [5.41, 5.74) is 4.51. The molecule has 0 N–H and O–H groups in total. The Hall–Kier alpha value is -3.52. The highest BCUT2D eigenvalue weighted by Crippen LogP contribution is 2.34. The van der Waals surface area contributed by atoms with Gasteiger partial charge in [-0.2, -0.15) is 0 Å². The van der Waals surface area contributed by atoms with Gasteiger partial charge in [-0.1, -0.05) is 37.1 Å². The van der Waals surface area contributed by atoms with Gasteiger partial charge < -0.3 is 47.4 Å². The second kappa shape index (κ2) is 34.7. The molecule has 2 aromatic carbocycles. The third-order valence-electron chi connectivity index (χ3n) is 10.2. The summed E-state index contributed by atoms with van der Waals surface area (Å²) in [7, 11) is 0. The molecule has 0 spiro atoms. The predicted molar refractivity (Wildman–Crippen MR) is 274 cm³/mol. The summed E-state index contributed by atoms with van der Waals surface area (Å²) in [6.07, 6.45) is 4.92. The molecule has 3 rings (SSSR count). The Kier molecular flexibility index (Phi) is 31.9. The molecule has 4 unspecified atom stereocenters. The third kappa shape index (κ3) is 27.0. The van der Waals surface area contributed by atoms with Gasteiger partial charge in [0.25, 0.3) is 0 Å². The lowest BCUT2D eigenvalue weighted by Crippen LogP contribution is -2.39. The van der Waals surface area contributed by atoms with E-state index in [0.29, 0.717) is 32.7 Å². The highest BCUT2D eigenvalue weighted by atomic mass is 16.6. The van der Waals surface area contributed by atoms with Crippen LogP contribution in [-0.2, 0) is 60.5 Å². The summed E-state index contributed by atoms with van der Waals surface area (Å²) in [5.74, 6) is 0.0510. The molecule has 0 amide bonds. The maximum atomic E-state index is 12.9. The number of carbonyl (C=O) groups excluding carboxylic acids is 2. The average Bonchev–Trinajstić information content (AvgIpc) is 3.26. The molecule has 0 heterocycles. The van der Waals surface area contributed by atoms with E-state index in [1.807, 2.05) is 83.1 Å². The van der Waals surface area contributed by atoms with E-state index in [-0.39, 0.29) is 86.2 Å². The summed E-state index contributed by atoms with van der Waals surface area (Å²) >= 11 is 0. The highest BCUT2D eigenvalue weighted by Gasteiger charge is 2.38. The average molecular weight is 959 g/mol. The number of aryl methyl sites for hydroxylation is 1. The Morgan fingerprint density at radius 2 is 0.897 bits per heavy atom. The second-order valence-electron chi connectivity index (χ2n) is 19.5. The molecular weight excluding hydrogens is 865 g/mol. The van der Waals surface area contributed by atoms with Crippen molar-refractivity contribution < 1.29 is 57.0 Å². The zero-order valence-corrected chi connectivity index (χ0v) is 45.2. The maximum absolute atomic E-state index is 12.9. The molecule has 1 saturated carbocycles. The topological polar surface area (TPSA) is 126 Å². The van der Waals surface area contributed by atoms with Crippen LogP contribution in [0.25, 0.3) is 11.1 Å². The van der Waals surface area contributed by atoms with E-state index < -0.39 is 11.8 Å². The molecule has 0 saturated heterocycles. The summed E-state index contributed by atoms with van der Waals surface area (Å²) in [5, 5.41) is 0. The molecule has 0 bridgehead atoms. The lowest BCUT2D eigenvalue weighted by Gasteiger charge is -2.30. The lowest BCUT2D eigenvalue weighted by atomic mass is 9.79. The summed E-state index contributed by atoms with van der Waals surface area (Å²) in [6.45, 7) is 40.1. The van der Waals surface area contributed by atoms with Gasteiger partial charge in [-0.15, -0.1) is 13.2 Å². The number of benzene rings is 2. The Morgan fingerprint density at radius 3 is 1.28 bits per heavy atom. The van der Waals surface area contributed by atoms with Crippen LogP contribution in [0.15, 0.2) is 49.6 Å². The van der Waals surface area contributed by atoms with Crippen LogP contribution in [0.1, 0.15) is 154 Å². The number of hydrogen-bond donors (Lipinski definition) is 0. The van der Waals surface area contributed by atoms with Crippen LogP contribution >= 0.6 is 0 Å². The third-order valence-corrected chi connectivity index (χ3v) is 10.2. The van der Waals surface area contributed by atoms with Crippen molar-refractivity contribution in [2.45, 2.75) is 217 Å². The molecule has 2 aromatic rings. The molecule has 1 aliphatic carbocycles. The van der Waals surface area contributed by atoms with Crippen LogP contribution in [0.2, 0.25) is 0 Å². The van der Waals surface area contributed by atoms with Crippen molar-refractivity contribution in [2.75, 3.05) is 33.0 Å². The first-order chi connectivity index (χ1) is 32.1. The fourth-order valence-electron chi connectivity index (χ4n) is 7.24. The minimum atomic E-state index is -0.511. The second-order valence-corrected chi connectivity index (χ2v) is 19.5. The Bertz CT molecular complexity index is 1600. The van der Waals surface area contributed by atoms with E-state index in [4.69, 9.17) is 47.4 Å². The summed E-state index contributed by atoms with van der Waals surface area (Å²) in [6, 6.07) is 12.9. The van der Waals surface area contributed by atoms with Crippen molar-refractivity contribution in [3.8, 4) is 22.6 Å². The van der Waals surface area contributed by atoms with E-state index in [0.717, 1.165) is 60.5 Å². The molecule has 4 atom stereocenters. The van der Waals surface area contributed by atoms with E-state index in [2.05, 4.69) is 77.3 Å². The molecular formula is C56H94O12. The fourth-order valence-corrected chi connectivity index (χ4v) is 7.24. The number of carbonyl (C=O) groups is 2. The molecule has 1 fully saturated rings. The van der Waals surface area contributed by atoms with Crippen molar-refractivity contribution in [3.63, 3.8) is 0 Å². The van der Waals surface area contributed by atoms with E-state index in [9.17, 15) is 9.59 Å². The van der Waals surface area contributed by atoms with Crippen LogP contribution in [-0.4, -0.2) is 106 Å². The molecule has 0 radical (unpaired) electrons. The van der Waals surface area contributed by atoms with Gasteiger partial charge in [0, 0.05) is 12.2 Å². The molecule has 390 valence electrons. The van der Waals surface area contributed by atoms with Crippen molar-refractivity contribution in [1.29, 1.82) is 0 Å². The standard InChI is InChI=1S/C28H42O4.C26H48O8.C2H4/c1-19(2)29-15-9-10-23-11-12-24(16-27(23)31-21(5)6)25-13-14-26(18-30-20(3)4)28(17-25)32-22(7)8;1-17(2)29-13-21(33-19(5)6)15-31-25(27)23-11-9-10-12-24(23)26(28)32-16-22(34-20(7)8)14-30-18(3)4;1-2/h11-14,16-17,19-22H,9-10,15,18H2,1-8H3;17-24H,9-16H2,1-8H3;1-2H2. The predicted octanol–water partition coefficient (Wildman–Crippen LogP) is 12.3. The van der Waals surface area contributed by atoms with E-state index in [1.54, 1.807) is 0 Å². The van der Waals surface area contributed by atoms with Crippen molar-refractivity contribution in [2.24, 2.45) is 11.8 Å². The van der Waals surface area contributed by atoms with Crippen molar-refractivity contribution >= 4 is 11.9 Å². The number of ether oxygens (including phenoxy) is 10. The smallest absolute Gasteiger partial charge is 0.309 e. The largest absolute Gasteiger partial charge is 0.491 e. The van der Waals surface area contributed by atoms with Crippen LogP contribution in [0.4, 0.5) is 0 Å². The summed E-state index contributed by atoms with van der Waals surface area (Å²) < 4.78 is 58.0. The van der Waals surface area contributed by atoms with E-state index in [1.165, 1.54) is 5.56 Å². The van der Waals surface area contributed by atoms with Crippen LogP contribution in [0, 0.1) is 11.8 Å². The van der Waals surface area contributed by atoms with Crippen molar-refractivity contribution in [1.82, 2.24) is 0 Å². The molecule has 12 heteroatoms. The Balaban J connectivity index is 0.000000657. The zero-order chi connectivity index (χ0) is 51.3. The van der Waals surface area contributed by atoms with Crippen molar-refractivity contribution in [3.05, 3.63) is 60.7 Å². The SMILES string of the molecule is C=C.CC(C)OCC(COC(=O)C1CCCCC1C(=O)OCC(COC(C)C)OC(C)C)OC(C)C.CC(C)OCCCc1ccc(-c2ccc(COC(C)C)c(OC(C)C)c2)cc1OC(C)C. The number of rotatable bonds is 29. The molecule has 0 aliphatic heterocycles. The number of hydrogen-bond acceptors (Lipinski definition) is 12. The van der Waals surface area contributed by atoms with Gasteiger partial charge in [-0.05, 0) is 165 Å². The number of esters is 2. The molecule has 0 aromatic heterocycles. The minimum absolute atomic E-state index is 0.0162. The van der Waals surface area contributed by atoms with E-state index >= 15 is 0 Å². The van der Waals surface area contributed by atoms with Gasteiger partial charge in [0.15, 0.2) is 0 Å². The first-order valence-electron chi connectivity index (χ1n) is 25.3. The molecule has 12 nitrogen and oxygen atoms in total. The van der Waals surface area contributed by atoms with Gasteiger partial charge in [0.05, 0.1) is 80.5 Å². The van der Waals surface area contributed by atoms with Crippen LogP contribution < -0.4 is 9.47 Å². The van der Waals surface area contributed by atoms with Crippen LogP contribution in [0.3, 0.4) is 0 Å². The monoisotopic (exact) mass is 959 g/mol. The minimum Gasteiger partial charge on any atom is -0.491 e. The lowest BCUT2D eigenvalue weighted by molar-refractivity contribution is -0.170. The first kappa shape index (κ1) is 62.5. The van der Waals surface area contributed by atoms with Gasteiger partial charge >= 0.3 is 11.9 Å². The van der Waals surface area contributed by atoms with Gasteiger partial charge in [0.1, 0.15) is 36.9 Å². The fraction of sp³-hybridized carbons (Fsp3) is 0.714. The van der Waals surface area contributed by atoms with Crippen LogP contribution in [0.5, 0.6) is 11.5 Å². The van der Waals surface area contributed by atoms with Gasteiger partial charge in [-0.3, -0.25) is 9.59 Å².